The van der Waals surface area contributed by atoms with E-state index in [-0.39, 0.29) is 11.7 Å². The summed E-state index contributed by atoms with van der Waals surface area (Å²) in [7, 11) is 0. The molecular weight excluding hydrogens is 314 g/mol. The molecule has 0 saturated carbocycles. The third-order valence-corrected chi connectivity index (χ3v) is 3.74. The minimum Gasteiger partial charge on any atom is -0.383 e. The van der Waals surface area contributed by atoms with Crippen LogP contribution in [-0.4, -0.2) is 17.4 Å². The predicted octanol–water partition coefficient (Wildman–Crippen LogP) is 2.46. The van der Waals surface area contributed by atoms with Gasteiger partial charge in [-0.3, -0.25) is 4.79 Å². The van der Waals surface area contributed by atoms with E-state index in [0.717, 1.165) is 10.9 Å². The summed E-state index contributed by atoms with van der Waals surface area (Å²) in [6.07, 6.45) is 2.39. The Morgan fingerprint density at radius 1 is 1.56 bits per heavy atom. The van der Waals surface area contributed by atoms with Gasteiger partial charge in [0.05, 0.1) is 5.56 Å². The van der Waals surface area contributed by atoms with Crippen molar-refractivity contribution in [1.82, 2.24) is 10.3 Å². The van der Waals surface area contributed by atoms with Crippen LogP contribution in [0.1, 0.15) is 15.2 Å². The van der Waals surface area contributed by atoms with Gasteiger partial charge in [-0.2, -0.15) is 0 Å². The summed E-state index contributed by atoms with van der Waals surface area (Å²) in [4.78, 5) is 17.1. The fraction of sp³-hybridized carbons (Fsp3) is 0.167. The lowest BCUT2D eigenvalue weighted by atomic mass is 10.2. The Kier molecular flexibility index (Phi) is 4.33. The topological polar surface area (TPSA) is 68.0 Å². The molecule has 0 spiro atoms. The van der Waals surface area contributed by atoms with Gasteiger partial charge in [0.2, 0.25) is 0 Å². The van der Waals surface area contributed by atoms with Crippen molar-refractivity contribution in [2.75, 3.05) is 12.3 Å². The van der Waals surface area contributed by atoms with Gasteiger partial charge >= 0.3 is 0 Å². The molecule has 2 aromatic heterocycles. The van der Waals surface area contributed by atoms with E-state index in [1.807, 2.05) is 17.5 Å². The molecule has 0 aliphatic carbocycles. The van der Waals surface area contributed by atoms with E-state index in [1.165, 1.54) is 4.88 Å². The molecule has 0 unspecified atom stereocenters. The lowest BCUT2D eigenvalue weighted by molar-refractivity contribution is 0.0955. The molecule has 18 heavy (non-hydrogen) atoms. The van der Waals surface area contributed by atoms with Crippen molar-refractivity contribution in [3.8, 4) is 0 Å². The standard InChI is InChI=1S/C12H12BrN3OS/c13-8-6-10(11(14)16-7-8)12(17)15-4-3-9-2-1-5-18-9/h1-2,5-7H,3-4H2,(H2,14,16)(H,15,17). The van der Waals surface area contributed by atoms with E-state index in [9.17, 15) is 4.79 Å². The van der Waals surface area contributed by atoms with Crippen molar-refractivity contribution < 1.29 is 4.79 Å². The van der Waals surface area contributed by atoms with Crippen LogP contribution < -0.4 is 11.1 Å². The third-order valence-electron chi connectivity index (χ3n) is 2.37. The number of nitrogens with two attached hydrogens (primary N) is 1. The third kappa shape index (κ3) is 3.30. The maximum atomic E-state index is 11.9. The normalized spacial score (nSPS) is 10.3. The first kappa shape index (κ1) is 13.0. The number of thiophene rings is 1. The van der Waals surface area contributed by atoms with Crippen LogP contribution in [0.3, 0.4) is 0 Å². The summed E-state index contributed by atoms with van der Waals surface area (Å²) in [5.41, 5.74) is 6.06. The number of nitrogens with one attached hydrogen (secondary N) is 1. The minimum atomic E-state index is -0.196. The maximum Gasteiger partial charge on any atom is 0.255 e. The van der Waals surface area contributed by atoms with Crippen LogP contribution in [-0.2, 0) is 6.42 Å². The SMILES string of the molecule is Nc1ncc(Br)cc1C(=O)NCCc1cccs1. The molecule has 2 rings (SSSR count). The zero-order valence-corrected chi connectivity index (χ0v) is 11.9. The zero-order valence-electron chi connectivity index (χ0n) is 9.52. The molecule has 0 aliphatic rings. The molecule has 0 radical (unpaired) electrons. The van der Waals surface area contributed by atoms with Crippen molar-refractivity contribution >= 4 is 39.0 Å². The summed E-state index contributed by atoms with van der Waals surface area (Å²) >= 11 is 4.95. The van der Waals surface area contributed by atoms with E-state index in [4.69, 9.17) is 5.73 Å². The Hall–Kier alpha value is -1.40. The van der Waals surface area contributed by atoms with E-state index in [1.54, 1.807) is 23.6 Å². The van der Waals surface area contributed by atoms with Crippen LogP contribution in [0.4, 0.5) is 5.82 Å². The van der Waals surface area contributed by atoms with E-state index < -0.39 is 0 Å². The highest BCUT2D eigenvalue weighted by atomic mass is 79.9. The van der Waals surface area contributed by atoms with E-state index in [0.29, 0.717) is 12.1 Å². The second-order valence-electron chi connectivity index (χ2n) is 3.67. The number of rotatable bonds is 4. The number of carbonyl (C=O) groups is 1. The number of carbonyl (C=O) groups excluding carboxylic acids is 1. The summed E-state index contributed by atoms with van der Waals surface area (Å²) in [5.74, 6) is 0.0460. The van der Waals surface area contributed by atoms with Gasteiger partial charge in [-0.1, -0.05) is 6.07 Å². The average Bonchev–Trinajstić information content (AvgIpc) is 2.85. The number of nitrogens with zero attached hydrogens (tertiary/aromatic N) is 1. The highest BCUT2D eigenvalue weighted by Gasteiger charge is 2.10. The Labute approximate surface area is 117 Å². The lowest BCUT2D eigenvalue weighted by Gasteiger charge is -2.06. The van der Waals surface area contributed by atoms with Crippen molar-refractivity contribution in [2.45, 2.75) is 6.42 Å². The van der Waals surface area contributed by atoms with Gasteiger partial charge < -0.3 is 11.1 Å². The minimum absolute atomic E-state index is 0.196. The molecule has 94 valence electrons. The van der Waals surface area contributed by atoms with Crippen molar-refractivity contribution in [3.05, 3.63) is 44.7 Å². The van der Waals surface area contributed by atoms with Crippen LogP contribution in [0.2, 0.25) is 0 Å². The van der Waals surface area contributed by atoms with Crippen LogP contribution in [0, 0.1) is 0 Å². The first-order valence-electron chi connectivity index (χ1n) is 5.38. The Morgan fingerprint density at radius 3 is 3.11 bits per heavy atom. The quantitative estimate of drug-likeness (QED) is 0.907. The summed E-state index contributed by atoms with van der Waals surface area (Å²) in [5, 5.41) is 4.85. The Morgan fingerprint density at radius 2 is 2.39 bits per heavy atom. The van der Waals surface area contributed by atoms with Gasteiger partial charge in [-0.25, -0.2) is 4.98 Å². The van der Waals surface area contributed by atoms with Gasteiger partial charge in [0.25, 0.3) is 5.91 Å². The van der Waals surface area contributed by atoms with Crippen molar-refractivity contribution in [1.29, 1.82) is 0 Å². The zero-order chi connectivity index (χ0) is 13.0. The van der Waals surface area contributed by atoms with Gasteiger partial charge in [0.1, 0.15) is 5.82 Å². The molecular formula is C12H12BrN3OS. The molecule has 0 aromatic carbocycles. The largest absolute Gasteiger partial charge is 0.383 e. The molecule has 0 aliphatic heterocycles. The molecule has 2 aromatic rings. The van der Waals surface area contributed by atoms with Gasteiger partial charge in [-0.05, 0) is 39.9 Å². The number of anilines is 1. The van der Waals surface area contributed by atoms with Gasteiger partial charge in [0, 0.05) is 22.1 Å². The highest BCUT2D eigenvalue weighted by molar-refractivity contribution is 9.10. The molecule has 4 nitrogen and oxygen atoms in total. The molecule has 0 saturated heterocycles. The monoisotopic (exact) mass is 325 g/mol. The van der Waals surface area contributed by atoms with E-state index in [2.05, 4.69) is 26.2 Å². The van der Waals surface area contributed by atoms with Crippen LogP contribution >= 0.6 is 27.3 Å². The molecule has 6 heteroatoms. The fourth-order valence-electron chi connectivity index (χ4n) is 1.48. The number of nitrogen functional groups attached to an aromatic ring is 1. The number of aromatic nitrogens is 1. The van der Waals surface area contributed by atoms with Crippen LogP contribution in [0.5, 0.6) is 0 Å². The van der Waals surface area contributed by atoms with Crippen LogP contribution in [0.15, 0.2) is 34.2 Å². The Balaban J connectivity index is 1.93. The summed E-state index contributed by atoms with van der Waals surface area (Å²) < 4.78 is 0.736. The second-order valence-corrected chi connectivity index (χ2v) is 5.62. The van der Waals surface area contributed by atoms with Gasteiger partial charge in [0.15, 0.2) is 0 Å². The lowest BCUT2D eigenvalue weighted by Crippen LogP contribution is -2.26. The molecule has 3 N–H and O–H groups in total. The number of halogens is 1. The molecule has 2 heterocycles. The average molecular weight is 326 g/mol. The smallest absolute Gasteiger partial charge is 0.255 e. The number of hydrogen-bond acceptors (Lipinski definition) is 4. The number of amides is 1. The molecule has 1 amide bonds. The molecule has 0 bridgehead atoms. The predicted molar refractivity (Wildman–Crippen MR) is 76.7 cm³/mol. The molecule has 0 fully saturated rings. The molecule has 0 atom stereocenters. The van der Waals surface area contributed by atoms with Crippen LogP contribution in [0.25, 0.3) is 0 Å². The van der Waals surface area contributed by atoms with Crippen molar-refractivity contribution in [3.63, 3.8) is 0 Å². The maximum absolute atomic E-state index is 11.9. The van der Waals surface area contributed by atoms with Gasteiger partial charge in [-0.15, -0.1) is 11.3 Å². The summed E-state index contributed by atoms with van der Waals surface area (Å²) in [6, 6.07) is 5.71. The second kappa shape index (κ2) is 5.97. The first-order chi connectivity index (χ1) is 8.66. The number of hydrogen-bond donors (Lipinski definition) is 2. The fourth-order valence-corrected chi connectivity index (χ4v) is 2.52. The highest BCUT2D eigenvalue weighted by Crippen LogP contribution is 2.15. The van der Waals surface area contributed by atoms with E-state index >= 15 is 0 Å². The first-order valence-corrected chi connectivity index (χ1v) is 7.05. The van der Waals surface area contributed by atoms with Crippen molar-refractivity contribution in [2.24, 2.45) is 0 Å². The summed E-state index contributed by atoms with van der Waals surface area (Å²) in [6.45, 7) is 0.589. The Bertz CT molecular complexity index is 542. The number of pyridine rings is 1.